The maximum absolute atomic E-state index is 12.1. The van der Waals surface area contributed by atoms with Gasteiger partial charge in [0.05, 0.1) is 10.6 Å². The Morgan fingerprint density at radius 1 is 1.35 bits per heavy atom. The number of phenolic OH excluding ortho intramolecular Hbond substituents is 1. The normalized spacial score (nSPS) is 13.3. The summed E-state index contributed by atoms with van der Waals surface area (Å²) >= 11 is 0. The summed E-state index contributed by atoms with van der Waals surface area (Å²) in [6, 6.07) is 3.77. The van der Waals surface area contributed by atoms with E-state index in [1.165, 1.54) is 18.2 Å². The summed E-state index contributed by atoms with van der Waals surface area (Å²) in [7, 11) is -3.65. The minimum atomic E-state index is -3.65. The van der Waals surface area contributed by atoms with E-state index >= 15 is 0 Å². The number of hydrogen-bond acceptors (Lipinski definition) is 5. The number of benzene rings is 1. The van der Waals surface area contributed by atoms with Crippen molar-refractivity contribution in [2.24, 2.45) is 5.92 Å². The number of phenols is 1. The lowest BCUT2D eigenvalue weighted by Crippen LogP contribution is -2.30. The highest BCUT2D eigenvalue weighted by molar-refractivity contribution is 7.89. The maximum atomic E-state index is 12.1. The molecule has 0 fully saturated rings. The van der Waals surface area contributed by atoms with Crippen molar-refractivity contribution in [3.63, 3.8) is 0 Å². The van der Waals surface area contributed by atoms with Crippen LogP contribution >= 0.6 is 0 Å². The van der Waals surface area contributed by atoms with Crippen LogP contribution in [0.15, 0.2) is 23.1 Å². The van der Waals surface area contributed by atoms with E-state index in [9.17, 15) is 13.5 Å². The number of nitrogen functional groups attached to an aromatic ring is 1. The van der Waals surface area contributed by atoms with Gasteiger partial charge in [-0.25, -0.2) is 13.1 Å². The zero-order chi connectivity index (χ0) is 15.2. The van der Waals surface area contributed by atoms with Gasteiger partial charge in [-0.05, 0) is 37.0 Å². The predicted molar refractivity (Wildman–Crippen MR) is 77.8 cm³/mol. The van der Waals surface area contributed by atoms with E-state index in [-0.39, 0.29) is 35.4 Å². The van der Waals surface area contributed by atoms with Gasteiger partial charge in [-0.1, -0.05) is 13.3 Å². The monoisotopic (exact) mass is 302 g/mol. The van der Waals surface area contributed by atoms with Crippen molar-refractivity contribution in [1.29, 1.82) is 0 Å². The molecule has 1 aromatic rings. The highest BCUT2D eigenvalue weighted by Gasteiger charge is 2.17. The summed E-state index contributed by atoms with van der Waals surface area (Å²) in [6.07, 6.45) is 2.34. The van der Waals surface area contributed by atoms with Gasteiger partial charge in [-0.15, -0.1) is 0 Å². The maximum Gasteiger partial charge on any atom is 0.240 e. The Labute approximate surface area is 119 Å². The van der Waals surface area contributed by atoms with Gasteiger partial charge in [-0.3, -0.25) is 0 Å². The Morgan fingerprint density at radius 3 is 2.60 bits per heavy atom. The average molecular weight is 302 g/mol. The number of anilines is 1. The molecule has 7 heteroatoms. The van der Waals surface area contributed by atoms with Gasteiger partial charge >= 0.3 is 0 Å². The predicted octanol–water partition coefficient (Wildman–Crippen LogP) is 1.05. The highest BCUT2D eigenvalue weighted by Crippen LogP contribution is 2.23. The van der Waals surface area contributed by atoms with Crippen molar-refractivity contribution < 1.29 is 18.6 Å². The Hall–Kier alpha value is -1.31. The van der Waals surface area contributed by atoms with E-state index in [1.54, 1.807) is 0 Å². The minimum absolute atomic E-state index is 0.0204. The van der Waals surface area contributed by atoms with Crippen molar-refractivity contribution >= 4 is 15.7 Å². The minimum Gasteiger partial charge on any atom is -0.506 e. The molecule has 0 amide bonds. The lowest BCUT2D eigenvalue weighted by Gasteiger charge is -2.16. The second kappa shape index (κ2) is 7.47. The number of hydrogen-bond donors (Lipinski definition) is 4. The first-order valence-corrected chi connectivity index (χ1v) is 8.08. The summed E-state index contributed by atoms with van der Waals surface area (Å²) in [6.45, 7) is 2.33. The number of nitrogens with two attached hydrogens (primary N) is 1. The van der Waals surface area contributed by atoms with Crippen LogP contribution in [0.2, 0.25) is 0 Å². The summed E-state index contributed by atoms with van der Waals surface area (Å²) in [5, 5.41) is 18.3. The number of aliphatic hydroxyl groups excluding tert-OH is 1. The van der Waals surface area contributed by atoms with Crippen LogP contribution in [0, 0.1) is 5.92 Å². The van der Waals surface area contributed by atoms with Gasteiger partial charge < -0.3 is 15.9 Å². The first kappa shape index (κ1) is 16.7. The molecule has 0 heterocycles. The van der Waals surface area contributed by atoms with Crippen molar-refractivity contribution in [3.8, 4) is 5.75 Å². The molecule has 0 aliphatic heterocycles. The van der Waals surface area contributed by atoms with E-state index < -0.39 is 10.0 Å². The molecule has 0 radical (unpaired) electrons. The quantitative estimate of drug-likeness (QED) is 0.423. The first-order chi connectivity index (χ1) is 9.40. The second-order valence-electron chi connectivity index (χ2n) is 4.74. The van der Waals surface area contributed by atoms with E-state index in [0.717, 1.165) is 12.8 Å². The van der Waals surface area contributed by atoms with Crippen LogP contribution < -0.4 is 10.5 Å². The lowest BCUT2D eigenvalue weighted by atomic mass is 10.0. The summed E-state index contributed by atoms with van der Waals surface area (Å²) in [4.78, 5) is 0.0204. The third-order valence-electron chi connectivity index (χ3n) is 3.11. The third kappa shape index (κ3) is 4.66. The van der Waals surface area contributed by atoms with Crippen molar-refractivity contribution in [2.75, 3.05) is 18.9 Å². The van der Waals surface area contributed by atoms with Gasteiger partial charge in [0, 0.05) is 13.2 Å². The molecular formula is C13H22N2O4S. The van der Waals surface area contributed by atoms with Gasteiger partial charge in [-0.2, -0.15) is 0 Å². The number of aliphatic hydroxyl groups is 1. The van der Waals surface area contributed by atoms with Gasteiger partial charge in [0.25, 0.3) is 0 Å². The zero-order valence-corrected chi connectivity index (χ0v) is 12.4. The molecule has 1 aromatic carbocycles. The molecule has 0 saturated carbocycles. The van der Waals surface area contributed by atoms with E-state index in [0.29, 0.717) is 6.42 Å². The Balaban J connectivity index is 2.75. The fourth-order valence-electron chi connectivity index (χ4n) is 1.95. The summed E-state index contributed by atoms with van der Waals surface area (Å²) in [5.74, 6) is -0.0395. The topological polar surface area (TPSA) is 113 Å². The fraction of sp³-hybridized carbons (Fsp3) is 0.538. The number of nitrogens with one attached hydrogen (secondary N) is 1. The van der Waals surface area contributed by atoms with Gasteiger partial charge in [0.15, 0.2) is 0 Å². The number of rotatable bonds is 8. The van der Waals surface area contributed by atoms with E-state index in [2.05, 4.69) is 4.72 Å². The van der Waals surface area contributed by atoms with Crippen LogP contribution in [0.25, 0.3) is 0 Å². The van der Waals surface area contributed by atoms with E-state index in [1.807, 2.05) is 6.92 Å². The second-order valence-corrected chi connectivity index (χ2v) is 6.51. The molecule has 1 rings (SSSR count). The molecule has 0 spiro atoms. The lowest BCUT2D eigenvalue weighted by molar-refractivity contribution is 0.251. The third-order valence-corrected chi connectivity index (χ3v) is 4.53. The molecule has 6 nitrogen and oxygen atoms in total. The highest BCUT2D eigenvalue weighted by atomic mass is 32.2. The Bertz CT molecular complexity index is 525. The Morgan fingerprint density at radius 2 is 2.05 bits per heavy atom. The summed E-state index contributed by atoms with van der Waals surface area (Å²) in [5.41, 5.74) is 5.52. The van der Waals surface area contributed by atoms with Crippen LogP contribution in [-0.4, -0.2) is 31.8 Å². The molecule has 0 bridgehead atoms. The number of sulfonamides is 1. The molecule has 5 N–H and O–H groups in total. The fourth-order valence-corrected chi connectivity index (χ4v) is 3.10. The standard InChI is InChI=1S/C13H22N2O4S/c1-2-3-10(6-7-16)9-15-20(18,19)11-4-5-13(17)12(14)8-11/h4-5,8,10,15-17H,2-3,6-7,9,14H2,1H3. The van der Waals surface area contributed by atoms with Crippen LogP contribution in [0.3, 0.4) is 0 Å². The Kier molecular flexibility index (Phi) is 6.25. The molecule has 20 heavy (non-hydrogen) atoms. The van der Waals surface area contributed by atoms with Gasteiger partial charge in [0.1, 0.15) is 5.75 Å². The smallest absolute Gasteiger partial charge is 0.240 e. The molecule has 1 unspecified atom stereocenters. The van der Waals surface area contributed by atoms with Crippen molar-refractivity contribution in [2.45, 2.75) is 31.1 Å². The molecule has 0 aliphatic carbocycles. The van der Waals surface area contributed by atoms with Gasteiger partial charge in [0.2, 0.25) is 10.0 Å². The van der Waals surface area contributed by atoms with Crippen LogP contribution in [-0.2, 0) is 10.0 Å². The average Bonchev–Trinajstić information content (AvgIpc) is 2.39. The SMILES string of the molecule is CCCC(CCO)CNS(=O)(=O)c1ccc(O)c(N)c1. The molecule has 0 aromatic heterocycles. The van der Waals surface area contributed by atoms with Crippen LogP contribution in [0.1, 0.15) is 26.2 Å². The largest absolute Gasteiger partial charge is 0.506 e. The molecule has 0 aliphatic rings. The van der Waals surface area contributed by atoms with Crippen molar-refractivity contribution in [3.05, 3.63) is 18.2 Å². The van der Waals surface area contributed by atoms with Crippen LogP contribution in [0.4, 0.5) is 5.69 Å². The molecule has 0 saturated heterocycles. The van der Waals surface area contributed by atoms with Crippen LogP contribution in [0.5, 0.6) is 5.75 Å². The molecule has 114 valence electrons. The number of aromatic hydroxyl groups is 1. The molecular weight excluding hydrogens is 280 g/mol. The van der Waals surface area contributed by atoms with E-state index in [4.69, 9.17) is 10.8 Å². The molecule has 1 atom stereocenters. The summed E-state index contributed by atoms with van der Waals surface area (Å²) < 4.78 is 26.7. The van der Waals surface area contributed by atoms with Crippen molar-refractivity contribution in [1.82, 2.24) is 4.72 Å². The first-order valence-electron chi connectivity index (χ1n) is 6.59. The zero-order valence-electron chi connectivity index (χ0n) is 11.5.